The van der Waals surface area contributed by atoms with Gasteiger partial charge < -0.3 is 10.4 Å². The molecule has 0 amide bonds. The van der Waals surface area contributed by atoms with Gasteiger partial charge in [-0.05, 0) is 19.3 Å². The predicted octanol–water partition coefficient (Wildman–Crippen LogP) is 4.78. The number of nitrogens with zero attached hydrogens (tertiary/aromatic N) is 2. The number of hydrogen-bond donors (Lipinski definition) is 2. The van der Waals surface area contributed by atoms with Crippen LogP contribution in [-0.2, 0) is 0 Å². The van der Waals surface area contributed by atoms with Gasteiger partial charge in [0, 0.05) is 6.54 Å². The topological polar surface area (TPSA) is 58.0 Å². The van der Waals surface area contributed by atoms with Gasteiger partial charge in [-0.15, -0.1) is 0 Å². The molecule has 0 fully saturated rings. The maximum absolute atomic E-state index is 9.95. The molecule has 120 valence electrons. The Kier molecular flexibility index (Phi) is 8.09. The molecule has 0 atom stereocenters. The normalized spacial score (nSPS) is 11.1. The molecule has 0 radical (unpaired) electrons. The quantitative estimate of drug-likeness (QED) is 0.610. The van der Waals surface area contributed by atoms with E-state index in [1.165, 1.54) is 38.5 Å². The predicted molar refractivity (Wildman–Crippen MR) is 89.0 cm³/mol. The molecule has 0 unspecified atom stereocenters. The van der Waals surface area contributed by atoms with Crippen molar-refractivity contribution in [3.8, 4) is 5.75 Å². The summed E-state index contributed by atoms with van der Waals surface area (Å²) in [5.74, 6) is 1.07. The van der Waals surface area contributed by atoms with Crippen LogP contribution in [0.1, 0.15) is 83.0 Å². The number of aromatic hydroxyl groups is 1. The molecule has 1 rings (SSSR count). The summed E-state index contributed by atoms with van der Waals surface area (Å²) in [7, 11) is 0. The first-order chi connectivity index (χ1) is 10.1. The minimum Gasteiger partial charge on any atom is -0.504 e. The van der Waals surface area contributed by atoms with Gasteiger partial charge in [0.25, 0.3) is 0 Å². The highest BCUT2D eigenvalue weighted by Crippen LogP contribution is 2.26. The summed E-state index contributed by atoms with van der Waals surface area (Å²) in [5.41, 5.74) is 1.38. The summed E-state index contributed by atoms with van der Waals surface area (Å²) in [6, 6.07) is 0. The van der Waals surface area contributed by atoms with Crippen molar-refractivity contribution in [2.24, 2.45) is 0 Å². The Bertz CT molecular complexity index is 419. The minimum atomic E-state index is 0.200. The van der Waals surface area contributed by atoms with Crippen LogP contribution in [0.3, 0.4) is 0 Å². The van der Waals surface area contributed by atoms with Gasteiger partial charge in [0.15, 0.2) is 5.75 Å². The Morgan fingerprint density at radius 1 is 1.00 bits per heavy atom. The van der Waals surface area contributed by atoms with Crippen molar-refractivity contribution in [2.45, 2.75) is 78.6 Å². The Morgan fingerprint density at radius 3 is 2.24 bits per heavy atom. The van der Waals surface area contributed by atoms with E-state index in [0.29, 0.717) is 11.6 Å². The molecule has 0 aliphatic heterocycles. The Morgan fingerprint density at radius 2 is 1.62 bits per heavy atom. The summed E-state index contributed by atoms with van der Waals surface area (Å²) in [4.78, 5) is 8.72. The molecule has 1 aromatic rings. The lowest BCUT2D eigenvalue weighted by Gasteiger charge is -2.12. The molecule has 4 heteroatoms. The molecule has 0 aromatic carbocycles. The van der Waals surface area contributed by atoms with Crippen LogP contribution in [0.4, 0.5) is 5.95 Å². The van der Waals surface area contributed by atoms with Gasteiger partial charge in [0.1, 0.15) is 0 Å². The van der Waals surface area contributed by atoms with E-state index in [1.54, 1.807) is 0 Å². The van der Waals surface area contributed by atoms with E-state index < -0.39 is 0 Å². The molecule has 21 heavy (non-hydrogen) atoms. The third-order valence-corrected chi connectivity index (χ3v) is 3.70. The number of aryl methyl sites for hydroxylation is 1. The second kappa shape index (κ2) is 9.59. The van der Waals surface area contributed by atoms with Gasteiger partial charge in [0.05, 0.1) is 11.4 Å². The first-order valence-corrected chi connectivity index (χ1v) is 8.37. The minimum absolute atomic E-state index is 0.200. The summed E-state index contributed by atoms with van der Waals surface area (Å²) >= 11 is 0. The largest absolute Gasteiger partial charge is 0.504 e. The Hall–Kier alpha value is -1.32. The molecule has 0 aliphatic carbocycles. The van der Waals surface area contributed by atoms with Gasteiger partial charge >= 0.3 is 0 Å². The number of rotatable bonds is 10. The van der Waals surface area contributed by atoms with Crippen LogP contribution in [-0.4, -0.2) is 21.6 Å². The van der Waals surface area contributed by atoms with Gasteiger partial charge in [-0.25, -0.2) is 9.97 Å². The maximum Gasteiger partial charge on any atom is 0.223 e. The maximum atomic E-state index is 9.95. The highest BCUT2D eigenvalue weighted by atomic mass is 16.3. The van der Waals surface area contributed by atoms with Crippen LogP contribution in [0.15, 0.2) is 0 Å². The molecule has 0 saturated heterocycles. The van der Waals surface area contributed by atoms with Crippen molar-refractivity contribution < 1.29 is 5.11 Å². The van der Waals surface area contributed by atoms with Crippen LogP contribution < -0.4 is 5.32 Å². The third kappa shape index (κ3) is 6.32. The number of aromatic nitrogens is 2. The fourth-order valence-electron chi connectivity index (χ4n) is 2.35. The third-order valence-electron chi connectivity index (χ3n) is 3.70. The molecule has 4 nitrogen and oxygen atoms in total. The Labute approximate surface area is 129 Å². The Balaban J connectivity index is 2.32. The van der Waals surface area contributed by atoms with Crippen molar-refractivity contribution in [3.63, 3.8) is 0 Å². The fraction of sp³-hybridized carbons (Fsp3) is 0.765. The molecule has 0 saturated carbocycles. The van der Waals surface area contributed by atoms with Gasteiger partial charge in [-0.2, -0.15) is 0 Å². The molecule has 0 bridgehead atoms. The lowest BCUT2D eigenvalue weighted by atomic mass is 10.1. The van der Waals surface area contributed by atoms with Gasteiger partial charge in [0.2, 0.25) is 5.95 Å². The zero-order valence-electron chi connectivity index (χ0n) is 14.1. The fourth-order valence-corrected chi connectivity index (χ4v) is 2.35. The number of nitrogens with one attached hydrogen (secondary N) is 1. The first kappa shape index (κ1) is 17.7. The van der Waals surface area contributed by atoms with E-state index in [9.17, 15) is 5.11 Å². The van der Waals surface area contributed by atoms with E-state index in [1.807, 2.05) is 20.8 Å². The van der Waals surface area contributed by atoms with Gasteiger partial charge in [-0.3, -0.25) is 0 Å². The van der Waals surface area contributed by atoms with Crippen molar-refractivity contribution in [1.29, 1.82) is 0 Å². The average Bonchev–Trinajstić information content (AvgIpc) is 2.45. The van der Waals surface area contributed by atoms with E-state index in [0.717, 1.165) is 18.7 Å². The summed E-state index contributed by atoms with van der Waals surface area (Å²) in [6.45, 7) is 9.02. The van der Waals surface area contributed by atoms with Crippen LogP contribution >= 0.6 is 0 Å². The molecule has 1 heterocycles. The number of anilines is 1. The van der Waals surface area contributed by atoms with E-state index in [4.69, 9.17) is 0 Å². The van der Waals surface area contributed by atoms with Crippen LogP contribution in [0.5, 0.6) is 5.75 Å². The van der Waals surface area contributed by atoms with Crippen LogP contribution in [0, 0.1) is 6.92 Å². The number of hydrogen-bond acceptors (Lipinski definition) is 4. The van der Waals surface area contributed by atoms with E-state index >= 15 is 0 Å². The van der Waals surface area contributed by atoms with Crippen molar-refractivity contribution >= 4 is 5.95 Å². The molecule has 1 aromatic heterocycles. The zero-order chi connectivity index (χ0) is 15.7. The highest BCUT2D eigenvalue weighted by Gasteiger charge is 2.13. The SMILES string of the molecule is CCCCCCCCCNc1nc(C)c(O)c(C(C)C)n1. The zero-order valence-corrected chi connectivity index (χ0v) is 14.1. The molecular formula is C17H31N3O. The summed E-state index contributed by atoms with van der Waals surface area (Å²) < 4.78 is 0. The first-order valence-electron chi connectivity index (χ1n) is 8.37. The highest BCUT2D eigenvalue weighted by molar-refractivity contribution is 5.39. The molecule has 0 spiro atoms. The second-order valence-electron chi connectivity index (χ2n) is 6.07. The van der Waals surface area contributed by atoms with Crippen molar-refractivity contribution in [2.75, 3.05) is 11.9 Å². The van der Waals surface area contributed by atoms with E-state index in [2.05, 4.69) is 22.2 Å². The molecular weight excluding hydrogens is 262 g/mol. The van der Waals surface area contributed by atoms with Crippen LogP contribution in [0.2, 0.25) is 0 Å². The van der Waals surface area contributed by atoms with E-state index in [-0.39, 0.29) is 11.7 Å². The summed E-state index contributed by atoms with van der Waals surface area (Å²) in [5, 5.41) is 13.2. The standard InChI is InChI=1S/C17H31N3O/c1-5-6-7-8-9-10-11-12-18-17-19-14(4)16(21)15(20-17)13(2)3/h13,21H,5-12H2,1-4H3,(H,18,19,20). The lowest BCUT2D eigenvalue weighted by Crippen LogP contribution is -2.09. The van der Waals surface area contributed by atoms with Crippen molar-refractivity contribution in [3.05, 3.63) is 11.4 Å². The number of unbranched alkanes of at least 4 members (excludes halogenated alkanes) is 6. The monoisotopic (exact) mass is 293 g/mol. The molecule has 2 N–H and O–H groups in total. The summed E-state index contributed by atoms with van der Waals surface area (Å²) in [6.07, 6.45) is 9.09. The van der Waals surface area contributed by atoms with Crippen molar-refractivity contribution in [1.82, 2.24) is 9.97 Å². The lowest BCUT2D eigenvalue weighted by molar-refractivity contribution is 0.451. The molecule has 0 aliphatic rings. The van der Waals surface area contributed by atoms with Gasteiger partial charge in [-0.1, -0.05) is 59.3 Å². The van der Waals surface area contributed by atoms with Crippen LogP contribution in [0.25, 0.3) is 0 Å². The second-order valence-corrected chi connectivity index (χ2v) is 6.07. The smallest absolute Gasteiger partial charge is 0.223 e. The average molecular weight is 293 g/mol.